The summed E-state index contributed by atoms with van der Waals surface area (Å²) < 4.78 is 2.16. The molecule has 4 nitrogen and oxygen atoms in total. The van der Waals surface area contributed by atoms with Crippen LogP contribution in [0.1, 0.15) is 26.6 Å². The van der Waals surface area contributed by atoms with Gasteiger partial charge >= 0.3 is 0 Å². The highest BCUT2D eigenvalue weighted by molar-refractivity contribution is 6.09. The molecule has 33 heavy (non-hydrogen) atoms. The first kappa shape index (κ1) is 19.6. The Labute approximate surface area is 192 Å². The zero-order chi connectivity index (χ0) is 22.6. The van der Waals surface area contributed by atoms with E-state index in [1.165, 1.54) is 16.2 Å². The summed E-state index contributed by atoms with van der Waals surface area (Å²) >= 11 is 0. The zero-order valence-corrected chi connectivity index (χ0v) is 18.9. The van der Waals surface area contributed by atoms with Gasteiger partial charge in [0.2, 0.25) is 5.95 Å². The fraction of sp³-hybridized carbons (Fsp3) is 0.138. The zero-order valence-electron chi connectivity index (χ0n) is 18.9. The van der Waals surface area contributed by atoms with Crippen LogP contribution in [-0.2, 0) is 5.41 Å². The number of aromatic nitrogens is 4. The van der Waals surface area contributed by atoms with E-state index >= 15 is 0 Å². The third kappa shape index (κ3) is 3.18. The van der Waals surface area contributed by atoms with Gasteiger partial charge in [-0.1, -0.05) is 99.6 Å². The standard InChI is InChI=1S/C29H24N4/c1-29(2,3)27-30-26(23-16-10-12-19-11-4-5-13-20(19)23)31-28(32-27)33-24-17-8-6-14-21(24)22-15-7-9-18-25(22)33/h4-18H,1-3H3. The first-order valence-corrected chi connectivity index (χ1v) is 11.2. The average molecular weight is 429 g/mol. The van der Waals surface area contributed by atoms with Crippen LogP contribution < -0.4 is 0 Å². The highest BCUT2D eigenvalue weighted by Gasteiger charge is 2.23. The molecule has 0 amide bonds. The number of benzene rings is 4. The minimum Gasteiger partial charge on any atom is -0.278 e. The number of nitrogens with zero attached hydrogens (tertiary/aromatic N) is 4. The molecule has 4 heteroatoms. The smallest absolute Gasteiger partial charge is 0.238 e. The number of rotatable bonds is 2. The molecule has 0 aliphatic carbocycles. The second-order valence-corrected chi connectivity index (χ2v) is 9.43. The van der Waals surface area contributed by atoms with Crippen molar-refractivity contribution < 1.29 is 0 Å². The maximum Gasteiger partial charge on any atom is 0.238 e. The highest BCUT2D eigenvalue weighted by atomic mass is 15.2. The predicted molar refractivity (Wildman–Crippen MR) is 136 cm³/mol. The Balaban J connectivity index is 1.71. The predicted octanol–water partition coefficient (Wildman–Crippen LogP) is 7.09. The van der Waals surface area contributed by atoms with Gasteiger partial charge in [-0.15, -0.1) is 0 Å². The van der Waals surface area contributed by atoms with Gasteiger partial charge in [0.05, 0.1) is 11.0 Å². The Kier molecular flexibility index (Phi) is 4.31. The topological polar surface area (TPSA) is 43.6 Å². The van der Waals surface area contributed by atoms with Gasteiger partial charge in [-0.3, -0.25) is 4.57 Å². The molecule has 6 rings (SSSR count). The first-order valence-electron chi connectivity index (χ1n) is 11.2. The summed E-state index contributed by atoms with van der Waals surface area (Å²) in [5.41, 5.74) is 2.97. The quantitative estimate of drug-likeness (QED) is 0.296. The highest BCUT2D eigenvalue weighted by Crippen LogP contribution is 2.33. The summed E-state index contributed by atoms with van der Waals surface area (Å²) in [7, 11) is 0. The molecular weight excluding hydrogens is 404 g/mol. The van der Waals surface area contributed by atoms with Gasteiger partial charge in [0, 0.05) is 21.8 Å². The maximum atomic E-state index is 5.05. The van der Waals surface area contributed by atoms with E-state index in [1.807, 2.05) is 0 Å². The molecule has 0 fully saturated rings. The van der Waals surface area contributed by atoms with Crippen molar-refractivity contribution in [2.75, 3.05) is 0 Å². The third-order valence-corrected chi connectivity index (χ3v) is 6.11. The molecule has 0 spiro atoms. The molecule has 2 heterocycles. The summed E-state index contributed by atoms with van der Waals surface area (Å²) in [5, 5.41) is 4.69. The minimum atomic E-state index is -0.226. The van der Waals surface area contributed by atoms with Crippen LogP contribution in [0.4, 0.5) is 0 Å². The minimum absolute atomic E-state index is 0.226. The lowest BCUT2D eigenvalue weighted by Gasteiger charge is -2.19. The van der Waals surface area contributed by atoms with E-state index in [0.717, 1.165) is 27.8 Å². The van der Waals surface area contributed by atoms with Crippen LogP contribution in [0, 0.1) is 0 Å². The molecule has 0 bridgehead atoms. The van der Waals surface area contributed by atoms with E-state index < -0.39 is 0 Å². The largest absolute Gasteiger partial charge is 0.278 e. The second kappa shape index (κ2) is 7.24. The monoisotopic (exact) mass is 428 g/mol. The van der Waals surface area contributed by atoms with Crippen LogP contribution in [0.2, 0.25) is 0 Å². The van der Waals surface area contributed by atoms with E-state index in [0.29, 0.717) is 11.8 Å². The van der Waals surface area contributed by atoms with Crippen molar-refractivity contribution in [3.05, 3.63) is 96.8 Å². The fourth-order valence-corrected chi connectivity index (χ4v) is 4.48. The van der Waals surface area contributed by atoms with Crippen molar-refractivity contribution in [1.82, 2.24) is 19.5 Å². The molecule has 0 aliphatic heterocycles. The van der Waals surface area contributed by atoms with E-state index in [4.69, 9.17) is 15.0 Å². The lowest BCUT2D eigenvalue weighted by atomic mass is 9.95. The van der Waals surface area contributed by atoms with Gasteiger partial charge in [-0.25, -0.2) is 4.98 Å². The summed E-state index contributed by atoms with van der Waals surface area (Å²) in [6.45, 7) is 6.43. The van der Waals surface area contributed by atoms with Crippen molar-refractivity contribution >= 4 is 32.6 Å². The Morgan fingerprint density at radius 3 is 1.82 bits per heavy atom. The Bertz CT molecular complexity index is 1600. The van der Waals surface area contributed by atoms with Gasteiger partial charge in [-0.2, -0.15) is 9.97 Å². The van der Waals surface area contributed by atoms with Gasteiger partial charge in [0.25, 0.3) is 0 Å². The Hall–Kier alpha value is -4.05. The van der Waals surface area contributed by atoms with Crippen LogP contribution in [0.3, 0.4) is 0 Å². The summed E-state index contributed by atoms with van der Waals surface area (Å²) in [6.07, 6.45) is 0. The van der Waals surface area contributed by atoms with Crippen LogP contribution in [-0.4, -0.2) is 19.5 Å². The molecule has 6 aromatic rings. The summed E-state index contributed by atoms with van der Waals surface area (Å²) in [4.78, 5) is 15.0. The lowest BCUT2D eigenvalue weighted by molar-refractivity contribution is 0.540. The van der Waals surface area contributed by atoms with Crippen molar-refractivity contribution in [3.8, 4) is 17.3 Å². The normalized spacial score (nSPS) is 12.1. The molecule has 0 radical (unpaired) electrons. The van der Waals surface area contributed by atoms with Crippen molar-refractivity contribution in [2.45, 2.75) is 26.2 Å². The van der Waals surface area contributed by atoms with Crippen LogP contribution >= 0.6 is 0 Å². The maximum absolute atomic E-state index is 5.05. The van der Waals surface area contributed by atoms with E-state index in [1.54, 1.807) is 0 Å². The first-order chi connectivity index (χ1) is 16.0. The van der Waals surface area contributed by atoms with Crippen LogP contribution in [0.15, 0.2) is 91.0 Å². The van der Waals surface area contributed by atoms with Gasteiger partial charge < -0.3 is 0 Å². The molecule has 4 aromatic carbocycles. The van der Waals surface area contributed by atoms with Gasteiger partial charge in [0.1, 0.15) is 5.82 Å². The van der Waals surface area contributed by atoms with E-state index in [-0.39, 0.29) is 5.41 Å². The van der Waals surface area contributed by atoms with E-state index in [9.17, 15) is 0 Å². The molecule has 0 saturated heterocycles. The molecule has 0 atom stereocenters. The van der Waals surface area contributed by atoms with E-state index in [2.05, 4.69) is 116 Å². The molecule has 0 saturated carbocycles. The van der Waals surface area contributed by atoms with Crippen molar-refractivity contribution in [2.24, 2.45) is 0 Å². The van der Waals surface area contributed by atoms with Crippen molar-refractivity contribution in [3.63, 3.8) is 0 Å². The number of fused-ring (bicyclic) bond motifs is 4. The number of hydrogen-bond acceptors (Lipinski definition) is 3. The third-order valence-electron chi connectivity index (χ3n) is 6.11. The SMILES string of the molecule is CC(C)(C)c1nc(-c2cccc3ccccc23)nc(-n2c3ccccc3c3ccccc32)n1. The lowest BCUT2D eigenvalue weighted by Crippen LogP contribution is -2.19. The Morgan fingerprint density at radius 1 is 0.576 bits per heavy atom. The summed E-state index contributed by atoms with van der Waals surface area (Å²) in [6, 6.07) is 31.5. The van der Waals surface area contributed by atoms with Crippen LogP contribution in [0.5, 0.6) is 0 Å². The Morgan fingerprint density at radius 2 is 1.15 bits per heavy atom. The molecule has 2 aromatic heterocycles. The molecule has 0 N–H and O–H groups in total. The molecule has 0 unspecified atom stereocenters. The fourth-order valence-electron chi connectivity index (χ4n) is 4.48. The van der Waals surface area contributed by atoms with Crippen molar-refractivity contribution in [1.29, 1.82) is 0 Å². The summed E-state index contributed by atoms with van der Waals surface area (Å²) in [5.74, 6) is 2.12. The average Bonchev–Trinajstić information content (AvgIpc) is 3.17. The molecule has 160 valence electrons. The number of para-hydroxylation sites is 2. The molecule has 0 aliphatic rings. The molecular formula is C29H24N4. The van der Waals surface area contributed by atoms with Gasteiger partial charge in [0.15, 0.2) is 5.82 Å². The second-order valence-electron chi connectivity index (χ2n) is 9.43. The van der Waals surface area contributed by atoms with Crippen LogP contribution in [0.25, 0.3) is 49.9 Å². The van der Waals surface area contributed by atoms with Gasteiger partial charge in [-0.05, 0) is 22.9 Å². The number of hydrogen-bond donors (Lipinski definition) is 0.